The van der Waals surface area contributed by atoms with Crippen LogP contribution in [-0.4, -0.2) is 46.3 Å². The van der Waals surface area contributed by atoms with E-state index in [1.165, 1.54) is 12.1 Å². The molecule has 0 aliphatic carbocycles. The molecule has 0 fully saturated rings. The van der Waals surface area contributed by atoms with Gasteiger partial charge in [-0.25, -0.2) is 8.42 Å². The maximum absolute atomic E-state index is 13.2. The van der Waals surface area contributed by atoms with Gasteiger partial charge in [0.25, 0.3) is 0 Å². The van der Waals surface area contributed by atoms with Crippen LogP contribution >= 0.6 is 0 Å². The Morgan fingerprint density at radius 1 is 1.06 bits per heavy atom. The maximum Gasteiger partial charge on any atom is 0.242 e. The Hall–Kier alpha value is -2.79. The summed E-state index contributed by atoms with van der Waals surface area (Å²) in [4.78, 5) is 24.7. The lowest BCUT2D eigenvalue weighted by Gasteiger charge is -2.22. The van der Waals surface area contributed by atoms with Gasteiger partial charge in [-0.1, -0.05) is 30.3 Å². The first-order chi connectivity index (χ1) is 16.3. The largest absolute Gasteiger partial charge is 0.354 e. The van der Waals surface area contributed by atoms with Crippen molar-refractivity contribution < 1.29 is 27.5 Å². The molecule has 2 amide bonds. The fraction of sp³-hybridized carbons (Fsp3) is 0.417. The van der Waals surface area contributed by atoms with Crippen molar-refractivity contribution in [1.82, 2.24) is 10.0 Å². The lowest BCUT2D eigenvalue weighted by molar-refractivity contribution is -0.140. The maximum atomic E-state index is 13.2. The van der Waals surface area contributed by atoms with E-state index >= 15 is 0 Å². The molecular formula is C24H31N3O6S. The lowest BCUT2D eigenvalue weighted by Crippen LogP contribution is -2.41. The Kier molecular flexibility index (Phi) is 9.17. The van der Waals surface area contributed by atoms with Gasteiger partial charge < -0.3 is 20.1 Å². The summed E-state index contributed by atoms with van der Waals surface area (Å²) in [6, 6.07) is 12.1. The summed E-state index contributed by atoms with van der Waals surface area (Å²) in [6.07, 6.45) is 0.730. The molecule has 2 aromatic rings. The fourth-order valence-electron chi connectivity index (χ4n) is 3.67. The molecule has 2 aromatic carbocycles. The van der Waals surface area contributed by atoms with Crippen LogP contribution < -0.4 is 15.4 Å². The van der Waals surface area contributed by atoms with Gasteiger partial charge in [0.15, 0.2) is 6.29 Å². The highest BCUT2D eigenvalue weighted by Gasteiger charge is 2.28. The molecule has 9 nitrogen and oxygen atoms in total. The quantitative estimate of drug-likeness (QED) is 0.394. The first kappa shape index (κ1) is 25.8. The molecule has 0 saturated heterocycles. The average Bonchev–Trinajstić information content (AvgIpc) is 2.83. The lowest BCUT2D eigenvalue weighted by atomic mass is 10.0. The van der Waals surface area contributed by atoms with Crippen molar-refractivity contribution in [3.05, 3.63) is 59.7 Å². The zero-order valence-corrected chi connectivity index (χ0v) is 20.2. The summed E-state index contributed by atoms with van der Waals surface area (Å²) in [5.41, 5.74) is 1.85. The molecule has 1 aliphatic rings. The Balaban J connectivity index is 1.76. The molecule has 0 bridgehead atoms. The minimum atomic E-state index is -4.03. The highest BCUT2D eigenvalue weighted by Crippen LogP contribution is 2.26. The molecular weight excluding hydrogens is 458 g/mol. The first-order valence-electron chi connectivity index (χ1n) is 11.3. The Bertz CT molecular complexity index is 1090. The molecule has 3 rings (SSSR count). The number of amides is 2. The molecule has 0 aromatic heterocycles. The Morgan fingerprint density at radius 2 is 1.76 bits per heavy atom. The molecule has 3 N–H and O–H groups in total. The van der Waals surface area contributed by atoms with E-state index in [-0.39, 0.29) is 17.3 Å². The summed E-state index contributed by atoms with van der Waals surface area (Å²) in [5, 5.41) is 5.52. The van der Waals surface area contributed by atoms with Gasteiger partial charge in [0.1, 0.15) is 6.04 Å². The number of ether oxygens (including phenoxy) is 2. The number of benzene rings is 2. The second kappa shape index (κ2) is 12.1. The molecule has 1 aliphatic heterocycles. The number of aryl methyl sites for hydroxylation is 1. The summed E-state index contributed by atoms with van der Waals surface area (Å²) in [5.74, 6) is -0.579. The van der Waals surface area contributed by atoms with Crippen LogP contribution in [0, 0.1) is 0 Å². The van der Waals surface area contributed by atoms with Crippen LogP contribution in [0.4, 0.5) is 5.69 Å². The summed E-state index contributed by atoms with van der Waals surface area (Å²) in [7, 11) is -4.03. The average molecular weight is 490 g/mol. The third-order valence-corrected chi connectivity index (χ3v) is 6.76. The number of carbonyl (C=O) groups excluding carboxylic acids is 2. The van der Waals surface area contributed by atoms with Crippen LogP contribution in [0.3, 0.4) is 0 Å². The highest BCUT2D eigenvalue weighted by atomic mass is 32.2. The van der Waals surface area contributed by atoms with Gasteiger partial charge in [0, 0.05) is 38.3 Å². The van der Waals surface area contributed by atoms with Gasteiger partial charge in [-0.15, -0.1) is 0 Å². The molecule has 1 heterocycles. The van der Waals surface area contributed by atoms with Crippen LogP contribution in [-0.2, 0) is 35.5 Å². The number of fused-ring (bicyclic) bond motifs is 1. The van der Waals surface area contributed by atoms with E-state index in [4.69, 9.17) is 9.47 Å². The van der Waals surface area contributed by atoms with Crippen LogP contribution in [0.15, 0.2) is 53.4 Å². The molecule has 1 atom stereocenters. The third kappa shape index (κ3) is 6.86. The predicted octanol–water partition coefficient (Wildman–Crippen LogP) is 2.50. The normalized spacial score (nSPS) is 14.4. The second-order valence-electron chi connectivity index (χ2n) is 7.75. The Labute approximate surface area is 200 Å². The van der Waals surface area contributed by atoms with Crippen molar-refractivity contribution in [3.8, 4) is 0 Å². The molecule has 0 spiro atoms. The van der Waals surface area contributed by atoms with Crippen molar-refractivity contribution in [1.29, 1.82) is 0 Å². The van der Waals surface area contributed by atoms with E-state index in [9.17, 15) is 18.0 Å². The van der Waals surface area contributed by atoms with Crippen LogP contribution in [0.2, 0.25) is 0 Å². The molecule has 1 unspecified atom stereocenters. The van der Waals surface area contributed by atoms with Crippen molar-refractivity contribution in [2.75, 3.05) is 25.1 Å². The molecule has 0 saturated carbocycles. The third-order valence-electron chi connectivity index (χ3n) is 5.33. The molecule has 0 radical (unpaired) electrons. The van der Waals surface area contributed by atoms with Crippen molar-refractivity contribution in [2.24, 2.45) is 0 Å². The zero-order valence-electron chi connectivity index (χ0n) is 19.4. The second-order valence-corrected chi connectivity index (χ2v) is 9.47. The SMILES string of the molecule is CCOC(CCNC(=O)C(NS(=O)(=O)c1ccc2c(c1)CCC(=O)N2)c1ccccc1)OCC. The monoisotopic (exact) mass is 489 g/mol. The van der Waals surface area contributed by atoms with Gasteiger partial charge in [0.05, 0.1) is 4.90 Å². The summed E-state index contributed by atoms with van der Waals surface area (Å²) >= 11 is 0. The van der Waals surface area contributed by atoms with Crippen LogP contribution in [0.25, 0.3) is 0 Å². The smallest absolute Gasteiger partial charge is 0.242 e. The van der Waals surface area contributed by atoms with Gasteiger partial charge in [-0.05, 0) is 49.6 Å². The van der Waals surface area contributed by atoms with Crippen molar-refractivity contribution >= 4 is 27.5 Å². The van der Waals surface area contributed by atoms with E-state index in [1.54, 1.807) is 36.4 Å². The van der Waals surface area contributed by atoms with E-state index in [0.717, 1.165) is 5.56 Å². The summed E-state index contributed by atoms with van der Waals surface area (Å²) < 4.78 is 39.9. The zero-order chi connectivity index (χ0) is 24.6. The number of hydrogen-bond acceptors (Lipinski definition) is 6. The van der Waals surface area contributed by atoms with E-state index in [1.807, 2.05) is 13.8 Å². The number of rotatable bonds is 12. The van der Waals surface area contributed by atoms with Crippen molar-refractivity contribution in [3.63, 3.8) is 0 Å². The highest BCUT2D eigenvalue weighted by molar-refractivity contribution is 7.89. The fourth-order valence-corrected chi connectivity index (χ4v) is 4.90. The number of anilines is 1. The Morgan fingerprint density at radius 3 is 2.44 bits per heavy atom. The van der Waals surface area contributed by atoms with Gasteiger partial charge in [0.2, 0.25) is 21.8 Å². The van der Waals surface area contributed by atoms with E-state index in [0.29, 0.717) is 43.7 Å². The summed E-state index contributed by atoms with van der Waals surface area (Å²) in [6.45, 7) is 4.94. The molecule has 184 valence electrons. The van der Waals surface area contributed by atoms with Gasteiger partial charge >= 0.3 is 0 Å². The van der Waals surface area contributed by atoms with Crippen LogP contribution in [0.5, 0.6) is 0 Å². The van der Waals surface area contributed by atoms with E-state index in [2.05, 4.69) is 15.4 Å². The minimum absolute atomic E-state index is 0.0314. The number of hydrogen-bond donors (Lipinski definition) is 3. The topological polar surface area (TPSA) is 123 Å². The van der Waals surface area contributed by atoms with Gasteiger partial charge in [-0.2, -0.15) is 4.72 Å². The number of carbonyl (C=O) groups is 2. The molecule has 10 heteroatoms. The minimum Gasteiger partial charge on any atom is -0.354 e. The number of sulfonamides is 1. The number of nitrogens with one attached hydrogen (secondary N) is 3. The predicted molar refractivity (Wildman–Crippen MR) is 128 cm³/mol. The van der Waals surface area contributed by atoms with Crippen molar-refractivity contribution in [2.45, 2.75) is 50.3 Å². The first-order valence-corrected chi connectivity index (χ1v) is 12.8. The standard InChI is InChI=1S/C24H31N3O6S/c1-3-32-22(33-4-2)14-15-25-24(29)23(17-8-6-5-7-9-17)27-34(30,31)19-11-12-20-18(16-19)10-13-21(28)26-20/h5-9,11-12,16,22-23,27H,3-4,10,13-15H2,1-2H3,(H,25,29)(H,26,28). The van der Waals surface area contributed by atoms with Gasteiger partial charge in [-0.3, -0.25) is 9.59 Å². The van der Waals surface area contributed by atoms with E-state index < -0.39 is 28.3 Å². The molecule has 34 heavy (non-hydrogen) atoms. The van der Waals surface area contributed by atoms with Crippen LogP contribution in [0.1, 0.15) is 43.9 Å².